The van der Waals surface area contributed by atoms with Crippen molar-refractivity contribution in [1.82, 2.24) is 15.1 Å². The first kappa shape index (κ1) is 35.0. The Morgan fingerprint density at radius 3 is 2.62 bits per heavy atom. The largest absolute Gasteiger partial charge is 0.504 e. The van der Waals surface area contributed by atoms with Gasteiger partial charge in [-0.1, -0.05) is 6.07 Å². The van der Waals surface area contributed by atoms with Crippen molar-refractivity contribution in [2.75, 3.05) is 46.5 Å². The summed E-state index contributed by atoms with van der Waals surface area (Å²) in [4.78, 5) is 17.6. The summed E-state index contributed by atoms with van der Waals surface area (Å²) in [5, 5.41) is 49.6. The Morgan fingerprint density at radius 1 is 1.07 bits per heavy atom. The third-order valence-corrected chi connectivity index (χ3v) is 14.6. The maximum atomic E-state index is 13.0. The standard InChI is InChI=1S/C40H42N4O10S/c1-17-8-21-23-11-39(13-41)14-43(23)30(27(21)32(47)33(17)50-5)31-37-29-28(36-35(52-16-53-36)18(2)34(29)54-19(3)45)24(44(31)39)12-51-38(48)40(15-55-37)22-10-26(49-4)25(46)9-20(22)6-7-42-40/h8-10,23-24,30-31,37-38,42,46-48H,6-7,11-12,14-16H2,1-5H3/t23-,24+,30?,31?,37-,38?,39+,40-/m1/s1. The number of hydrogen-bond acceptors (Lipinski definition) is 15. The van der Waals surface area contributed by atoms with E-state index in [0.29, 0.717) is 60.1 Å². The number of phenols is 2. The van der Waals surface area contributed by atoms with E-state index in [9.17, 15) is 25.4 Å². The number of benzene rings is 3. The summed E-state index contributed by atoms with van der Waals surface area (Å²) < 4.78 is 36.5. The first-order valence-corrected chi connectivity index (χ1v) is 19.6. The van der Waals surface area contributed by atoms with Gasteiger partial charge in [-0.15, -0.1) is 11.8 Å². The second kappa shape index (κ2) is 12.0. The van der Waals surface area contributed by atoms with E-state index in [0.717, 1.165) is 33.4 Å². The molecule has 8 heterocycles. The van der Waals surface area contributed by atoms with Crippen molar-refractivity contribution in [1.29, 1.82) is 5.26 Å². The van der Waals surface area contributed by atoms with Gasteiger partial charge < -0.3 is 49.1 Å². The fraction of sp³-hybridized carbons (Fsp3) is 0.500. The number of rotatable bonds is 3. The highest BCUT2D eigenvalue weighted by molar-refractivity contribution is 7.99. The molecule has 55 heavy (non-hydrogen) atoms. The van der Waals surface area contributed by atoms with E-state index in [1.165, 1.54) is 14.0 Å². The van der Waals surface area contributed by atoms with Gasteiger partial charge in [-0.3, -0.25) is 14.6 Å². The molecule has 0 amide bonds. The monoisotopic (exact) mass is 770 g/mol. The average molecular weight is 771 g/mol. The second-order valence-corrected chi connectivity index (χ2v) is 16.8. The minimum Gasteiger partial charge on any atom is -0.504 e. The Balaban J connectivity index is 1.26. The molecule has 0 radical (unpaired) electrons. The van der Waals surface area contributed by atoms with Gasteiger partial charge in [-0.2, -0.15) is 5.26 Å². The van der Waals surface area contributed by atoms with Crippen LogP contribution in [0.4, 0.5) is 0 Å². The van der Waals surface area contributed by atoms with Gasteiger partial charge in [0.2, 0.25) is 6.79 Å². The number of nitriles is 1. The molecule has 8 aliphatic heterocycles. The summed E-state index contributed by atoms with van der Waals surface area (Å²) in [6.07, 6.45) is -0.281. The third-order valence-electron chi connectivity index (χ3n) is 13.1. The molecule has 14 nitrogen and oxygen atoms in total. The van der Waals surface area contributed by atoms with E-state index in [1.54, 1.807) is 31.0 Å². The van der Waals surface area contributed by atoms with Gasteiger partial charge in [0.15, 0.2) is 40.8 Å². The maximum absolute atomic E-state index is 13.0. The number of carbonyl (C=O) groups excluding carboxylic acids is 1. The Hall–Kier alpha value is -4.43. The highest BCUT2D eigenvalue weighted by atomic mass is 32.2. The lowest BCUT2D eigenvalue weighted by molar-refractivity contribution is -0.175. The van der Waals surface area contributed by atoms with Crippen molar-refractivity contribution in [3.63, 3.8) is 0 Å². The van der Waals surface area contributed by atoms with Crippen molar-refractivity contribution in [3.8, 4) is 46.3 Å². The summed E-state index contributed by atoms with van der Waals surface area (Å²) in [6, 6.07) is 6.61. The number of aliphatic hydroxyl groups is 1. The SMILES string of the molecule is COc1cc2c(cc1O)CCN[C@]21CS[C@@H]2c3c(OC(C)=O)c(C)c4c(c3[C@H](COC1O)N1C2C2c3c(cc(C)c(OC)c3O)[C@H]3C[C@]1(C#N)CN23)OCO4. The highest BCUT2D eigenvalue weighted by Gasteiger charge is 2.69. The number of thioether (sulfide) groups is 1. The number of aliphatic hydroxyl groups excluding tert-OH is 1. The molecule has 15 heteroatoms. The molecule has 4 bridgehead atoms. The zero-order valence-corrected chi connectivity index (χ0v) is 31.9. The van der Waals surface area contributed by atoms with Crippen molar-refractivity contribution < 1.29 is 48.5 Å². The maximum Gasteiger partial charge on any atom is 0.308 e. The van der Waals surface area contributed by atoms with Crippen LogP contribution >= 0.6 is 11.8 Å². The summed E-state index contributed by atoms with van der Waals surface area (Å²) in [5.41, 5.74) is 4.07. The Bertz CT molecular complexity index is 2250. The molecule has 3 saturated heterocycles. The number of nitrogens with one attached hydrogen (secondary N) is 1. The Kier molecular flexibility index (Phi) is 7.66. The van der Waals surface area contributed by atoms with Crippen LogP contribution in [-0.4, -0.2) is 95.4 Å². The minimum atomic E-state index is -1.37. The molecular weight excluding hydrogens is 729 g/mol. The van der Waals surface area contributed by atoms with Crippen LogP contribution in [0.1, 0.15) is 81.2 Å². The zero-order chi connectivity index (χ0) is 38.3. The lowest BCUT2D eigenvalue weighted by Crippen LogP contribution is -2.67. The first-order chi connectivity index (χ1) is 26.5. The van der Waals surface area contributed by atoms with Crippen molar-refractivity contribution >= 4 is 17.7 Å². The molecule has 0 saturated carbocycles. The molecule has 3 aromatic carbocycles. The topological polar surface area (TPSA) is 175 Å². The number of nitrogens with zero attached hydrogens (tertiary/aromatic N) is 3. The van der Waals surface area contributed by atoms with Gasteiger partial charge in [0.1, 0.15) is 16.8 Å². The molecule has 4 N–H and O–H groups in total. The van der Waals surface area contributed by atoms with Crippen molar-refractivity contribution in [2.45, 2.75) is 80.4 Å². The average Bonchev–Trinajstić information content (AvgIpc) is 3.86. The lowest BCUT2D eigenvalue weighted by Gasteiger charge is -2.59. The summed E-state index contributed by atoms with van der Waals surface area (Å²) in [5.74, 6) is 1.87. The molecule has 0 aliphatic carbocycles. The van der Waals surface area contributed by atoms with Crippen LogP contribution in [0.5, 0.6) is 40.2 Å². The molecule has 3 unspecified atom stereocenters. The molecule has 3 aromatic rings. The van der Waals surface area contributed by atoms with Crippen LogP contribution in [0.15, 0.2) is 18.2 Å². The van der Waals surface area contributed by atoms with Gasteiger partial charge in [0, 0.05) is 66.5 Å². The molecule has 288 valence electrons. The summed E-state index contributed by atoms with van der Waals surface area (Å²) >= 11 is 1.56. The fourth-order valence-electron chi connectivity index (χ4n) is 11.0. The molecule has 0 aromatic heterocycles. The molecule has 8 atom stereocenters. The zero-order valence-electron chi connectivity index (χ0n) is 31.1. The third kappa shape index (κ3) is 4.46. The number of esters is 1. The van der Waals surface area contributed by atoms with Crippen LogP contribution in [0.2, 0.25) is 0 Å². The summed E-state index contributed by atoms with van der Waals surface area (Å²) in [6.45, 7) is 5.96. The predicted octanol–water partition coefficient (Wildman–Crippen LogP) is 4.05. The van der Waals surface area contributed by atoms with E-state index in [-0.39, 0.29) is 42.4 Å². The van der Waals surface area contributed by atoms with Crippen LogP contribution in [0.25, 0.3) is 0 Å². The van der Waals surface area contributed by atoms with Gasteiger partial charge in [0.25, 0.3) is 0 Å². The van der Waals surface area contributed by atoms with Crippen LogP contribution in [-0.2, 0) is 21.5 Å². The lowest BCUT2D eigenvalue weighted by atomic mass is 9.74. The van der Waals surface area contributed by atoms with E-state index >= 15 is 0 Å². The smallest absolute Gasteiger partial charge is 0.308 e. The van der Waals surface area contributed by atoms with Crippen LogP contribution in [0, 0.1) is 25.2 Å². The fourth-order valence-corrected chi connectivity index (χ4v) is 12.7. The van der Waals surface area contributed by atoms with Gasteiger partial charge in [-0.25, -0.2) is 0 Å². The summed E-state index contributed by atoms with van der Waals surface area (Å²) in [7, 11) is 3.04. The van der Waals surface area contributed by atoms with Crippen molar-refractivity contribution in [2.24, 2.45) is 0 Å². The highest BCUT2D eigenvalue weighted by Crippen LogP contribution is 2.70. The number of ether oxygens (including phenoxy) is 6. The number of hydrogen-bond donors (Lipinski definition) is 4. The number of methoxy groups -OCH3 is 2. The first-order valence-electron chi connectivity index (χ1n) is 18.5. The van der Waals surface area contributed by atoms with Crippen LogP contribution in [0.3, 0.4) is 0 Å². The van der Waals surface area contributed by atoms with E-state index in [4.69, 9.17) is 28.4 Å². The van der Waals surface area contributed by atoms with E-state index in [1.807, 2.05) is 13.8 Å². The van der Waals surface area contributed by atoms with Gasteiger partial charge >= 0.3 is 5.97 Å². The molecular formula is C40H42N4O10S. The van der Waals surface area contributed by atoms with Crippen molar-refractivity contribution in [3.05, 3.63) is 62.7 Å². The predicted molar refractivity (Wildman–Crippen MR) is 197 cm³/mol. The molecule has 11 rings (SSSR count). The normalized spacial score (nSPS) is 32.3. The molecule has 1 spiro atoms. The van der Waals surface area contributed by atoms with Gasteiger partial charge in [0.05, 0.1) is 44.2 Å². The number of carbonyl (C=O) groups is 1. The number of aromatic hydroxyl groups is 2. The number of aryl methyl sites for hydroxylation is 1. The number of piperazine rings is 1. The second-order valence-electron chi connectivity index (χ2n) is 15.7. The Labute approximate surface area is 321 Å². The van der Waals surface area contributed by atoms with E-state index in [2.05, 4.69) is 27.3 Å². The number of fused-ring (bicyclic) bond motifs is 9. The molecule has 3 fully saturated rings. The van der Waals surface area contributed by atoms with Gasteiger partial charge in [-0.05, 0) is 54.7 Å². The van der Waals surface area contributed by atoms with E-state index < -0.39 is 46.7 Å². The molecule has 8 aliphatic rings. The minimum absolute atomic E-state index is 0.0101. The quantitative estimate of drug-likeness (QED) is 0.222. The Morgan fingerprint density at radius 2 is 1.87 bits per heavy atom. The van der Waals surface area contributed by atoms with Crippen LogP contribution < -0.4 is 29.0 Å². The number of phenolic OH excluding ortho intramolecular Hbond substituents is 2.